The van der Waals surface area contributed by atoms with Gasteiger partial charge in [-0.25, -0.2) is 8.78 Å². The molecule has 0 unspecified atom stereocenters. The van der Waals surface area contributed by atoms with E-state index in [9.17, 15) is 28.3 Å². The van der Waals surface area contributed by atoms with Crippen molar-refractivity contribution in [2.75, 3.05) is 11.9 Å². The Morgan fingerprint density at radius 2 is 2.00 bits per heavy atom. The van der Waals surface area contributed by atoms with E-state index in [1.807, 2.05) is 0 Å². The van der Waals surface area contributed by atoms with Gasteiger partial charge in [0.05, 0.1) is 18.8 Å². The second-order valence-corrected chi connectivity index (χ2v) is 7.77. The number of aromatic nitrogens is 1. The molecule has 3 heterocycles. The maximum atomic E-state index is 13.8. The van der Waals surface area contributed by atoms with Crippen molar-refractivity contribution >= 4 is 17.5 Å². The number of amides is 2. The van der Waals surface area contributed by atoms with E-state index in [0.717, 1.165) is 31.2 Å². The number of halogens is 2. The average Bonchev–Trinajstić information content (AvgIpc) is 3.46. The smallest absolute Gasteiger partial charge is 0.277 e. The SMILES string of the molecule is O=C(Nc1ccc(F)cc1F)c1cn2c(c(O)c1=O)C(=O)N1[C@@H](C2)OCCC12CC2. The first-order valence-corrected chi connectivity index (χ1v) is 9.49. The van der Waals surface area contributed by atoms with Gasteiger partial charge in [-0.3, -0.25) is 14.4 Å². The highest BCUT2D eigenvalue weighted by Crippen LogP contribution is 2.50. The third-order valence-corrected chi connectivity index (χ3v) is 5.96. The minimum atomic E-state index is -1.05. The summed E-state index contributed by atoms with van der Waals surface area (Å²) in [6.45, 7) is 0.634. The monoisotopic (exact) mass is 417 g/mol. The number of nitrogens with zero attached hydrogens (tertiary/aromatic N) is 2. The van der Waals surface area contributed by atoms with Crippen LogP contribution in [0.25, 0.3) is 0 Å². The lowest BCUT2D eigenvalue weighted by molar-refractivity contribution is -0.123. The van der Waals surface area contributed by atoms with Crippen molar-refractivity contribution in [1.29, 1.82) is 0 Å². The van der Waals surface area contributed by atoms with Crippen LogP contribution in [0, 0.1) is 11.6 Å². The lowest BCUT2D eigenvalue weighted by Crippen LogP contribution is -2.59. The first-order valence-electron chi connectivity index (χ1n) is 9.49. The van der Waals surface area contributed by atoms with Crippen LogP contribution in [0.3, 0.4) is 0 Å². The molecule has 1 atom stereocenters. The lowest BCUT2D eigenvalue weighted by atomic mass is 10.0. The van der Waals surface area contributed by atoms with E-state index in [2.05, 4.69) is 5.32 Å². The van der Waals surface area contributed by atoms with E-state index >= 15 is 0 Å². The molecule has 1 aromatic heterocycles. The number of aromatic hydroxyl groups is 1. The molecule has 10 heteroatoms. The summed E-state index contributed by atoms with van der Waals surface area (Å²) in [5.41, 5.74) is -2.33. The normalized spacial score (nSPS) is 21.2. The molecule has 0 radical (unpaired) electrons. The van der Waals surface area contributed by atoms with Crippen LogP contribution < -0.4 is 10.7 Å². The highest BCUT2D eigenvalue weighted by atomic mass is 19.1. The standard InChI is InChI=1S/C20H17F2N3O5/c21-10-1-2-13(12(22)7-10)23-18(28)11-8-24-9-14-25(20(3-4-20)5-6-30-14)19(29)15(24)17(27)16(11)26/h1-2,7-8,14,27H,3-6,9H2,(H,23,28)/t14-/m1/s1. The largest absolute Gasteiger partial charge is 0.503 e. The van der Waals surface area contributed by atoms with Crippen LogP contribution >= 0.6 is 0 Å². The quantitative estimate of drug-likeness (QED) is 0.777. The average molecular weight is 417 g/mol. The fourth-order valence-electron chi connectivity index (χ4n) is 4.24. The molecule has 8 nitrogen and oxygen atoms in total. The molecule has 2 aliphatic heterocycles. The van der Waals surface area contributed by atoms with Crippen molar-refractivity contribution in [3.05, 3.63) is 57.5 Å². The molecule has 3 aliphatic rings. The molecule has 1 aromatic carbocycles. The molecule has 156 valence electrons. The van der Waals surface area contributed by atoms with E-state index in [0.29, 0.717) is 19.1 Å². The molecule has 30 heavy (non-hydrogen) atoms. The van der Waals surface area contributed by atoms with Crippen LogP contribution in [0.1, 0.15) is 40.1 Å². The summed E-state index contributed by atoms with van der Waals surface area (Å²) in [7, 11) is 0. The van der Waals surface area contributed by atoms with Gasteiger partial charge in [0, 0.05) is 17.8 Å². The Morgan fingerprint density at radius 3 is 2.70 bits per heavy atom. The Hall–Kier alpha value is -3.27. The minimum Gasteiger partial charge on any atom is -0.503 e. The fourth-order valence-corrected chi connectivity index (χ4v) is 4.24. The van der Waals surface area contributed by atoms with E-state index in [4.69, 9.17) is 4.74 Å². The molecular formula is C20H17F2N3O5. The Morgan fingerprint density at radius 1 is 1.23 bits per heavy atom. The van der Waals surface area contributed by atoms with Crippen LogP contribution in [-0.2, 0) is 11.3 Å². The van der Waals surface area contributed by atoms with Crippen LogP contribution in [0.2, 0.25) is 0 Å². The van der Waals surface area contributed by atoms with Gasteiger partial charge in [0.1, 0.15) is 17.2 Å². The second-order valence-electron chi connectivity index (χ2n) is 7.77. The van der Waals surface area contributed by atoms with Crippen LogP contribution in [0.15, 0.2) is 29.2 Å². The van der Waals surface area contributed by atoms with Crippen molar-refractivity contribution in [1.82, 2.24) is 9.47 Å². The van der Waals surface area contributed by atoms with Crippen LogP contribution in [0.5, 0.6) is 5.75 Å². The van der Waals surface area contributed by atoms with Gasteiger partial charge in [-0.2, -0.15) is 0 Å². The molecule has 2 aromatic rings. The molecule has 1 spiro atoms. The molecular weight excluding hydrogens is 400 g/mol. The zero-order valence-corrected chi connectivity index (χ0v) is 15.7. The Balaban J connectivity index is 1.52. The topological polar surface area (TPSA) is 101 Å². The maximum Gasteiger partial charge on any atom is 0.277 e. The fraction of sp³-hybridized carbons (Fsp3) is 0.350. The van der Waals surface area contributed by atoms with E-state index in [1.54, 1.807) is 4.90 Å². The van der Waals surface area contributed by atoms with Crippen molar-refractivity contribution in [2.24, 2.45) is 0 Å². The number of rotatable bonds is 2. The number of fused-ring (bicyclic) bond motifs is 3. The van der Waals surface area contributed by atoms with Crippen molar-refractivity contribution in [2.45, 2.75) is 37.6 Å². The lowest BCUT2D eigenvalue weighted by Gasteiger charge is -2.46. The van der Waals surface area contributed by atoms with Gasteiger partial charge in [-0.1, -0.05) is 0 Å². The van der Waals surface area contributed by atoms with Gasteiger partial charge in [-0.15, -0.1) is 0 Å². The van der Waals surface area contributed by atoms with Crippen molar-refractivity contribution in [3.8, 4) is 5.75 Å². The molecule has 2 N–H and O–H groups in total. The second kappa shape index (κ2) is 6.36. The maximum absolute atomic E-state index is 13.8. The van der Waals surface area contributed by atoms with E-state index in [-0.39, 0.29) is 23.5 Å². The number of carbonyl (C=O) groups excluding carboxylic acids is 2. The number of carbonyl (C=O) groups is 2. The predicted molar refractivity (Wildman–Crippen MR) is 99.2 cm³/mol. The van der Waals surface area contributed by atoms with Crippen molar-refractivity contribution in [3.63, 3.8) is 0 Å². The Kier molecular flexibility index (Phi) is 3.97. The van der Waals surface area contributed by atoms with Gasteiger partial charge in [0.15, 0.2) is 17.7 Å². The Labute approximate surface area is 168 Å². The van der Waals surface area contributed by atoms with E-state index in [1.165, 1.54) is 4.57 Å². The summed E-state index contributed by atoms with van der Waals surface area (Å²) >= 11 is 0. The minimum absolute atomic E-state index is 0.141. The van der Waals surface area contributed by atoms with Crippen LogP contribution in [-0.4, -0.2) is 44.8 Å². The molecule has 1 aliphatic carbocycles. The Bertz CT molecular complexity index is 1160. The molecule has 0 bridgehead atoms. The number of benzene rings is 1. The number of pyridine rings is 1. The summed E-state index contributed by atoms with van der Waals surface area (Å²) in [6.07, 6.45) is 2.97. The van der Waals surface area contributed by atoms with Gasteiger partial charge >= 0.3 is 0 Å². The zero-order valence-electron chi connectivity index (χ0n) is 15.7. The molecule has 2 amide bonds. The van der Waals surface area contributed by atoms with Gasteiger partial charge in [0.25, 0.3) is 11.8 Å². The van der Waals surface area contributed by atoms with Gasteiger partial charge in [0.2, 0.25) is 5.43 Å². The van der Waals surface area contributed by atoms with Gasteiger partial charge < -0.3 is 24.6 Å². The molecule has 1 saturated carbocycles. The third kappa shape index (κ3) is 2.71. The van der Waals surface area contributed by atoms with Crippen molar-refractivity contribution < 1.29 is 28.2 Å². The first-order chi connectivity index (χ1) is 14.3. The zero-order chi connectivity index (χ0) is 21.2. The summed E-state index contributed by atoms with van der Waals surface area (Å²) in [5, 5.41) is 12.6. The number of hydrogen-bond donors (Lipinski definition) is 2. The molecule has 5 rings (SSSR count). The third-order valence-electron chi connectivity index (χ3n) is 5.96. The summed E-state index contributed by atoms with van der Waals surface area (Å²) in [6, 6.07) is 2.57. The highest BCUT2D eigenvalue weighted by Gasteiger charge is 2.57. The number of nitrogens with one attached hydrogen (secondary N) is 1. The number of hydrogen-bond acceptors (Lipinski definition) is 5. The molecule has 1 saturated heterocycles. The van der Waals surface area contributed by atoms with Gasteiger partial charge in [-0.05, 0) is 31.4 Å². The number of anilines is 1. The predicted octanol–water partition coefficient (Wildman–Crippen LogP) is 1.82. The van der Waals surface area contributed by atoms with E-state index < -0.39 is 46.4 Å². The first kappa shape index (κ1) is 18.7. The summed E-state index contributed by atoms with van der Waals surface area (Å²) in [5.74, 6) is -4.18. The highest BCUT2D eigenvalue weighted by molar-refractivity contribution is 6.05. The van der Waals surface area contributed by atoms with Crippen LogP contribution in [0.4, 0.5) is 14.5 Å². The number of ether oxygens (including phenoxy) is 1. The summed E-state index contributed by atoms with van der Waals surface area (Å²) < 4.78 is 33.9. The summed E-state index contributed by atoms with van der Waals surface area (Å²) in [4.78, 5) is 39.8. The molecule has 2 fully saturated rings.